The van der Waals surface area contributed by atoms with Gasteiger partial charge in [0.2, 0.25) is 5.91 Å². The largest absolute Gasteiger partial charge is 0.392 e. The zero-order valence-electron chi connectivity index (χ0n) is 16.3. The molecule has 150 valence electrons. The summed E-state index contributed by atoms with van der Waals surface area (Å²) in [6.07, 6.45) is -0.161. The minimum absolute atomic E-state index is 0.124. The number of benzene rings is 2. The predicted octanol–water partition coefficient (Wildman–Crippen LogP) is 1.25. The molecule has 5 rings (SSSR count). The van der Waals surface area contributed by atoms with Gasteiger partial charge < -0.3 is 5.11 Å². The van der Waals surface area contributed by atoms with Crippen molar-refractivity contribution in [3.05, 3.63) is 71.8 Å². The van der Waals surface area contributed by atoms with Gasteiger partial charge in [-0.3, -0.25) is 24.3 Å². The van der Waals surface area contributed by atoms with Crippen molar-refractivity contribution >= 4 is 11.8 Å². The highest BCUT2D eigenvalue weighted by atomic mass is 16.3. The van der Waals surface area contributed by atoms with Crippen LogP contribution in [0.2, 0.25) is 0 Å². The number of imide groups is 1. The molecule has 6 heteroatoms. The molecule has 3 fully saturated rings. The Bertz CT molecular complexity index is 911. The second-order valence-corrected chi connectivity index (χ2v) is 8.44. The standard InChI is InChI=1S/C23H25N3O3/c27-19-11-20-21(28)25(13-18-9-5-2-6-10-18)22(29)23(26(20)14-19)15-24(16-23)12-17-7-3-1-4-8-17/h1-10,19-20,27H,11-16H2/t19-,20+/m1/s1. The van der Waals surface area contributed by atoms with Crippen LogP contribution in [0, 0.1) is 0 Å². The number of carbonyl (C=O) groups excluding carboxylic acids is 2. The Morgan fingerprint density at radius 2 is 1.48 bits per heavy atom. The number of carbonyl (C=O) groups is 2. The Labute approximate surface area is 170 Å². The van der Waals surface area contributed by atoms with E-state index in [-0.39, 0.29) is 11.8 Å². The van der Waals surface area contributed by atoms with Crippen molar-refractivity contribution in [1.29, 1.82) is 0 Å². The van der Waals surface area contributed by atoms with E-state index in [2.05, 4.69) is 17.0 Å². The molecule has 3 saturated heterocycles. The van der Waals surface area contributed by atoms with E-state index in [1.54, 1.807) is 0 Å². The number of nitrogens with zero attached hydrogens (tertiary/aromatic N) is 3. The molecule has 0 unspecified atom stereocenters. The summed E-state index contributed by atoms with van der Waals surface area (Å²) in [5, 5.41) is 10.3. The molecule has 1 spiro atoms. The molecule has 0 saturated carbocycles. The lowest BCUT2D eigenvalue weighted by atomic mass is 9.82. The minimum atomic E-state index is -0.709. The molecule has 2 aromatic carbocycles. The second-order valence-electron chi connectivity index (χ2n) is 8.44. The fraction of sp³-hybridized carbons (Fsp3) is 0.391. The van der Waals surface area contributed by atoms with Crippen molar-refractivity contribution in [2.75, 3.05) is 19.6 Å². The zero-order valence-corrected chi connectivity index (χ0v) is 16.3. The van der Waals surface area contributed by atoms with Gasteiger partial charge in [0.15, 0.2) is 0 Å². The Balaban J connectivity index is 1.40. The molecule has 0 radical (unpaired) electrons. The Hall–Kier alpha value is -2.54. The van der Waals surface area contributed by atoms with E-state index >= 15 is 0 Å². The van der Waals surface area contributed by atoms with Crippen LogP contribution >= 0.6 is 0 Å². The smallest absolute Gasteiger partial charge is 0.252 e. The number of rotatable bonds is 4. The van der Waals surface area contributed by atoms with Crippen LogP contribution in [0.15, 0.2) is 60.7 Å². The fourth-order valence-electron chi connectivity index (χ4n) is 5.05. The van der Waals surface area contributed by atoms with Gasteiger partial charge in [0.25, 0.3) is 5.91 Å². The predicted molar refractivity (Wildman–Crippen MR) is 108 cm³/mol. The van der Waals surface area contributed by atoms with Crippen molar-refractivity contribution in [2.45, 2.75) is 37.2 Å². The first-order chi connectivity index (χ1) is 14.1. The zero-order chi connectivity index (χ0) is 20.0. The number of amides is 2. The number of hydrogen-bond acceptors (Lipinski definition) is 5. The monoisotopic (exact) mass is 391 g/mol. The van der Waals surface area contributed by atoms with Crippen LogP contribution in [-0.2, 0) is 22.7 Å². The summed E-state index contributed by atoms with van der Waals surface area (Å²) in [6.45, 7) is 2.63. The number of fused-ring (bicyclic) bond motifs is 2. The average molecular weight is 391 g/mol. The molecule has 1 N–H and O–H groups in total. The van der Waals surface area contributed by atoms with E-state index in [4.69, 9.17) is 0 Å². The van der Waals surface area contributed by atoms with Crippen LogP contribution in [-0.4, -0.2) is 68.9 Å². The molecule has 3 aliphatic heterocycles. The summed E-state index contributed by atoms with van der Waals surface area (Å²) >= 11 is 0. The second kappa shape index (κ2) is 7.06. The molecular weight excluding hydrogens is 366 g/mol. The molecule has 0 aliphatic carbocycles. The van der Waals surface area contributed by atoms with Gasteiger partial charge >= 0.3 is 0 Å². The maximum absolute atomic E-state index is 13.5. The molecule has 0 aromatic heterocycles. The van der Waals surface area contributed by atoms with Crippen LogP contribution in [0.4, 0.5) is 0 Å². The molecule has 0 bridgehead atoms. The maximum Gasteiger partial charge on any atom is 0.252 e. The highest BCUT2D eigenvalue weighted by Gasteiger charge is 2.64. The fourth-order valence-corrected chi connectivity index (χ4v) is 5.05. The molecule has 2 amide bonds. The lowest BCUT2D eigenvalue weighted by Gasteiger charge is -2.58. The van der Waals surface area contributed by atoms with Crippen LogP contribution in [0.1, 0.15) is 17.5 Å². The van der Waals surface area contributed by atoms with Gasteiger partial charge in [-0.05, 0) is 17.5 Å². The van der Waals surface area contributed by atoms with Gasteiger partial charge in [0, 0.05) is 26.2 Å². The van der Waals surface area contributed by atoms with Crippen molar-refractivity contribution in [1.82, 2.24) is 14.7 Å². The van der Waals surface area contributed by atoms with Crippen molar-refractivity contribution in [3.8, 4) is 0 Å². The van der Waals surface area contributed by atoms with Crippen LogP contribution < -0.4 is 0 Å². The summed E-state index contributed by atoms with van der Waals surface area (Å²) in [6, 6.07) is 19.4. The quantitative estimate of drug-likeness (QED) is 0.795. The highest BCUT2D eigenvalue weighted by molar-refractivity contribution is 6.06. The van der Waals surface area contributed by atoms with Crippen LogP contribution in [0.3, 0.4) is 0 Å². The third kappa shape index (κ3) is 3.08. The first-order valence-corrected chi connectivity index (χ1v) is 10.2. The van der Waals surface area contributed by atoms with E-state index in [1.807, 2.05) is 53.4 Å². The van der Waals surface area contributed by atoms with Gasteiger partial charge in [0.1, 0.15) is 5.54 Å². The number of hydrogen-bond donors (Lipinski definition) is 1. The van der Waals surface area contributed by atoms with Crippen molar-refractivity contribution < 1.29 is 14.7 Å². The van der Waals surface area contributed by atoms with Crippen LogP contribution in [0.5, 0.6) is 0 Å². The first kappa shape index (κ1) is 18.5. The molecule has 2 aromatic rings. The van der Waals surface area contributed by atoms with Gasteiger partial charge in [-0.25, -0.2) is 0 Å². The van der Waals surface area contributed by atoms with Crippen molar-refractivity contribution in [3.63, 3.8) is 0 Å². The van der Waals surface area contributed by atoms with E-state index in [9.17, 15) is 14.7 Å². The summed E-state index contributed by atoms with van der Waals surface area (Å²) < 4.78 is 0. The summed E-state index contributed by atoms with van der Waals surface area (Å²) in [7, 11) is 0. The van der Waals surface area contributed by atoms with E-state index in [0.29, 0.717) is 32.6 Å². The number of β-amino-alcohol motifs (C(OH)–C–C–N with tert-alkyl or cyclic N) is 1. The Morgan fingerprint density at radius 1 is 0.897 bits per heavy atom. The molecule has 6 nitrogen and oxygen atoms in total. The van der Waals surface area contributed by atoms with Crippen LogP contribution in [0.25, 0.3) is 0 Å². The van der Waals surface area contributed by atoms with Gasteiger partial charge in [-0.15, -0.1) is 0 Å². The molecule has 29 heavy (non-hydrogen) atoms. The number of aliphatic hydroxyl groups is 1. The van der Waals surface area contributed by atoms with E-state index < -0.39 is 17.7 Å². The SMILES string of the molecule is O=C1[C@@H]2C[C@@H](O)CN2C2(CN(Cc3ccccc3)C2)C(=O)N1Cc1ccccc1. The summed E-state index contributed by atoms with van der Waals surface area (Å²) in [5.74, 6) is -0.302. The molecular formula is C23H25N3O3. The van der Waals surface area contributed by atoms with Crippen molar-refractivity contribution in [2.24, 2.45) is 0 Å². The minimum Gasteiger partial charge on any atom is -0.392 e. The Morgan fingerprint density at radius 3 is 2.10 bits per heavy atom. The molecule has 3 heterocycles. The number of aliphatic hydroxyl groups excluding tert-OH is 1. The van der Waals surface area contributed by atoms with E-state index in [0.717, 1.165) is 12.1 Å². The Kier molecular flexibility index (Phi) is 4.50. The van der Waals surface area contributed by atoms with E-state index in [1.165, 1.54) is 10.5 Å². The average Bonchev–Trinajstić information content (AvgIpc) is 3.10. The summed E-state index contributed by atoms with van der Waals surface area (Å²) in [4.78, 5) is 32.3. The van der Waals surface area contributed by atoms with Gasteiger partial charge in [0.05, 0.1) is 18.7 Å². The molecule has 2 atom stereocenters. The third-order valence-electron chi connectivity index (χ3n) is 6.43. The topological polar surface area (TPSA) is 64.1 Å². The highest BCUT2D eigenvalue weighted by Crippen LogP contribution is 2.41. The maximum atomic E-state index is 13.5. The van der Waals surface area contributed by atoms with Gasteiger partial charge in [-0.2, -0.15) is 0 Å². The molecule has 3 aliphatic rings. The van der Waals surface area contributed by atoms with Gasteiger partial charge in [-0.1, -0.05) is 60.7 Å². The number of likely N-dealkylation sites (tertiary alicyclic amines) is 1. The normalized spacial score (nSPS) is 26.6. The third-order valence-corrected chi connectivity index (χ3v) is 6.43. The number of piperazine rings is 1. The lowest BCUT2D eigenvalue weighted by Crippen LogP contribution is -2.81. The lowest BCUT2D eigenvalue weighted by molar-refractivity contribution is -0.181. The first-order valence-electron chi connectivity index (χ1n) is 10.2. The summed E-state index contributed by atoms with van der Waals surface area (Å²) in [5.41, 5.74) is 1.44.